The average Bonchev–Trinajstić information content (AvgIpc) is 2.28. The van der Waals surface area contributed by atoms with E-state index in [9.17, 15) is 14.4 Å². The Morgan fingerprint density at radius 2 is 1.56 bits per heavy atom. The first-order valence-electron chi connectivity index (χ1n) is 5.23. The molecule has 0 fully saturated rings. The van der Waals surface area contributed by atoms with Gasteiger partial charge in [0.1, 0.15) is 0 Å². The molecule has 0 unspecified atom stereocenters. The molecule has 0 aliphatic carbocycles. The Hall–Kier alpha value is -2.37. The van der Waals surface area contributed by atoms with Crippen LogP contribution in [0.15, 0.2) is 34.5 Å². The minimum atomic E-state index is -1.07. The van der Waals surface area contributed by atoms with Crippen molar-refractivity contribution in [3.8, 4) is 0 Å². The highest BCUT2D eigenvalue weighted by Gasteiger charge is 2.18. The van der Waals surface area contributed by atoms with E-state index in [2.05, 4.69) is 10.2 Å². The SMILES string of the molecule is CC(=O)C(N=Nc1ccc(C(N)=O)cc1)C(C)=O. The van der Waals surface area contributed by atoms with Crippen LogP contribution in [-0.4, -0.2) is 23.5 Å². The predicted octanol–water partition coefficient (Wildman–Crippen LogP) is 1.42. The monoisotopic (exact) mass is 247 g/mol. The number of nitrogens with zero attached hydrogens (tertiary/aromatic N) is 2. The van der Waals surface area contributed by atoms with Gasteiger partial charge in [0.25, 0.3) is 0 Å². The van der Waals surface area contributed by atoms with E-state index in [1.165, 1.54) is 38.1 Å². The van der Waals surface area contributed by atoms with Crippen LogP contribution in [0, 0.1) is 0 Å². The van der Waals surface area contributed by atoms with Gasteiger partial charge in [0.15, 0.2) is 17.6 Å². The number of carbonyl (C=O) groups is 3. The second-order valence-corrected chi connectivity index (χ2v) is 3.75. The van der Waals surface area contributed by atoms with Gasteiger partial charge in [-0.05, 0) is 38.1 Å². The van der Waals surface area contributed by atoms with Crippen LogP contribution >= 0.6 is 0 Å². The summed E-state index contributed by atoms with van der Waals surface area (Å²) in [5.74, 6) is -1.26. The Kier molecular flexibility index (Phi) is 4.42. The van der Waals surface area contributed by atoms with E-state index in [4.69, 9.17) is 5.73 Å². The number of hydrogen-bond donors (Lipinski definition) is 1. The number of Topliss-reactive ketones (excluding diaryl/α,β-unsaturated/α-hetero) is 2. The third-order valence-corrected chi connectivity index (χ3v) is 2.21. The molecule has 6 nitrogen and oxygen atoms in total. The van der Waals surface area contributed by atoms with Gasteiger partial charge in [-0.15, -0.1) is 0 Å². The second-order valence-electron chi connectivity index (χ2n) is 3.75. The molecule has 0 bridgehead atoms. The van der Waals surface area contributed by atoms with Gasteiger partial charge in [-0.3, -0.25) is 14.4 Å². The van der Waals surface area contributed by atoms with E-state index < -0.39 is 11.9 Å². The van der Waals surface area contributed by atoms with Gasteiger partial charge in [0.2, 0.25) is 5.91 Å². The van der Waals surface area contributed by atoms with Gasteiger partial charge >= 0.3 is 0 Å². The van der Waals surface area contributed by atoms with Gasteiger partial charge < -0.3 is 5.73 Å². The predicted molar refractivity (Wildman–Crippen MR) is 64.6 cm³/mol. The number of azo groups is 1. The normalized spacial score (nSPS) is 10.8. The van der Waals surface area contributed by atoms with Crippen LogP contribution in [0.1, 0.15) is 24.2 Å². The van der Waals surface area contributed by atoms with Gasteiger partial charge in [0, 0.05) is 5.56 Å². The molecule has 1 rings (SSSR count). The van der Waals surface area contributed by atoms with Gasteiger partial charge in [-0.25, -0.2) is 0 Å². The van der Waals surface area contributed by atoms with Crippen LogP contribution < -0.4 is 5.73 Å². The summed E-state index contributed by atoms with van der Waals surface area (Å²) in [5, 5.41) is 7.46. The summed E-state index contributed by atoms with van der Waals surface area (Å²) in [4.78, 5) is 33.1. The molecule has 0 aliphatic rings. The number of carbonyl (C=O) groups excluding carboxylic acids is 3. The number of primary amides is 1. The van der Waals surface area contributed by atoms with E-state index in [0.29, 0.717) is 11.3 Å². The smallest absolute Gasteiger partial charge is 0.248 e. The molecule has 0 radical (unpaired) electrons. The lowest BCUT2D eigenvalue weighted by Gasteiger charge is -2.01. The summed E-state index contributed by atoms with van der Waals surface area (Å²) < 4.78 is 0. The van der Waals surface area contributed by atoms with Crippen molar-refractivity contribution >= 4 is 23.2 Å². The fourth-order valence-electron chi connectivity index (χ4n) is 1.27. The second kappa shape index (κ2) is 5.81. The van der Waals surface area contributed by atoms with Gasteiger partial charge in [-0.2, -0.15) is 10.2 Å². The zero-order chi connectivity index (χ0) is 13.7. The molecule has 0 saturated heterocycles. The molecular weight excluding hydrogens is 234 g/mol. The van der Waals surface area contributed by atoms with Crippen molar-refractivity contribution in [1.82, 2.24) is 0 Å². The third kappa shape index (κ3) is 3.58. The number of hydrogen-bond acceptors (Lipinski definition) is 5. The van der Waals surface area contributed by atoms with E-state index in [1.807, 2.05) is 0 Å². The molecule has 2 N–H and O–H groups in total. The number of benzene rings is 1. The summed E-state index contributed by atoms with van der Waals surface area (Å²) in [6, 6.07) is 4.98. The topological polar surface area (TPSA) is 102 Å². The number of amides is 1. The Balaban J connectivity index is 2.86. The van der Waals surface area contributed by atoms with E-state index in [1.54, 1.807) is 0 Å². The highest BCUT2D eigenvalue weighted by atomic mass is 16.2. The highest BCUT2D eigenvalue weighted by molar-refractivity contribution is 6.04. The third-order valence-electron chi connectivity index (χ3n) is 2.21. The Morgan fingerprint density at radius 1 is 1.06 bits per heavy atom. The molecule has 18 heavy (non-hydrogen) atoms. The van der Waals surface area contributed by atoms with Gasteiger partial charge in [-0.1, -0.05) is 0 Å². The van der Waals surface area contributed by atoms with Crippen LogP contribution in [0.4, 0.5) is 5.69 Å². The minimum Gasteiger partial charge on any atom is -0.366 e. The van der Waals surface area contributed by atoms with E-state index in [0.717, 1.165) is 0 Å². The fraction of sp³-hybridized carbons (Fsp3) is 0.250. The molecule has 0 aliphatic heterocycles. The Labute approximate surface area is 104 Å². The summed E-state index contributed by atoms with van der Waals surface area (Å²) >= 11 is 0. The van der Waals surface area contributed by atoms with Crippen LogP contribution in [-0.2, 0) is 9.59 Å². The standard InChI is InChI=1S/C12H13N3O3/c1-7(16)11(8(2)17)15-14-10-5-3-9(4-6-10)12(13)18/h3-6,11H,1-2H3,(H2,13,18). The van der Waals surface area contributed by atoms with Crippen molar-refractivity contribution in [3.63, 3.8) is 0 Å². The number of ketones is 2. The molecule has 0 aromatic heterocycles. The number of rotatable bonds is 5. The van der Waals surface area contributed by atoms with Crippen LogP contribution in [0.3, 0.4) is 0 Å². The quantitative estimate of drug-likeness (QED) is 0.628. The molecule has 0 spiro atoms. The minimum absolute atomic E-state index is 0.351. The molecular formula is C12H13N3O3. The molecule has 0 atom stereocenters. The zero-order valence-corrected chi connectivity index (χ0v) is 10.1. The number of nitrogens with two attached hydrogens (primary N) is 1. The molecule has 0 saturated carbocycles. The van der Waals surface area contributed by atoms with Crippen molar-refractivity contribution in [1.29, 1.82) is 0 Å². The molecule has 6 heteroatoms. The molecule has 1 aromatic carbocycles. The van der Waals surface area contributed by atoms with Crippen molar-refractivity contribution in [2.75, 3.05) is 0 Å². The lowest BCUT2D eigenvalue weighted by atomic mass is 10.1. The van der Waals surface area contributed by atoms with E-state index >= 15 is 0 Å². The Bertz CT molecular complexity index is 492. The molecule has 1 amide bonds. The lowest BCUT2D eigenvalue weighted by Crippen LogP contribution is -2.23. The van der Waals surface area contributed by atoms with E-state index in [-0.39, 0.29) is 11.6 Å². The first-order chi connectivity index (χ1) is 8.41. The first-order valence-corrected chi connectivity index (χ1v) is 5.23. The summed E-state index contributed by atoms with van der Waals surface area (Å²) in [7, 11) is 0. The van der Waals surface area contributed by atoms with Crippen molar-refractivity contribution in [3.05, 3.63) is 29.8 Å². The maximum absolute atomic E-state index is 11.1. The van der Waals surface area contributed by atoms with Crippen LogP contribution in [0.25, 0.3) is 0 Å². The van der Waals surface area contributed by atoms with Crippen molar-refractivity contribution < 1.29 is 14.4 Å². The zero-order valence-electron chi connectivity index (χ0n) is 10.1. The summed E-state index contributed by atoms with van der Waals surface area (Å²) in [6.07, 6.45) is 0. The maximum atomic E-state index is 11.1. The lowest BCUT2D eigenvalue weighted by molar-refractivity contribution is -0.126. The summed E-state index contributed by atoms with van der Waals surface area (Å²) in [5.41, 5.74) is 5.87. The molecule has 1 aromatic rings. The molecule has 94 valence electrons. The fourth-order valence-corrected chi connectivity index (χ4v) is 1.27. The summed E-state index contributed by atoms with van der Waals surface area (Å²) in [6.45, 7) is 2.56. The maximum Gasteiger partial charge on any atom is 0.248 e. The Morgan fingerprint density at radius 3 is 1.94 bits per heavy atom. The van der Waals surface area contributed by atoms with Gasteiger partial charge in [0.05, 0.1) is 5.69 Å². The average molecular weight is 247 g/mol. The van der Waals surface area contributed by atoms with Crippen LogP contribution in [0.5, 0.6) is 0 Å². The van der Waals surface area contributed by atoms with Crippen LogP contribution in [0.2, 0.25) is 0 Å². The van der Waals surface area contributed by atoms with Crippen molar-refractivity contribution in [2.45, 2.75) is 19.9 Å². The largest absolute Gasteiger partial charge is 0.366 e. The first kappa shape index (κ1) is 13.7. The molecule has 0 heterocycles. The van der Waals surface area contributed by atoms with Crippen molar-refractivity contribution in [2.24, 2.45) is 16.0 Å². The highest BCUT2D eigenvalue weighted by Crippen LogP contribution is 2.14.